The Morgan fingerprint density at radius 2 is 2.00 bits per heavy atom. The van der Waals surface area contributed by atoms with Gasteiger partial charge in [-0.1, -0.05) is 6.07 Å². The first-order valence-electron chi connectivity index (χ1n) is 5.94. The first-order valence-corrected chi connectivity index (χ1v) is 5.94. The van der Waals surface area contributed by atoms with Crippen LogP contribution in [0.15, 0.2) is 48.8 Å². The largest absolute Gasteiger partial charge is 0.494 e. The molecule has 0 amide bonds. The molecule has 3 nitrogen and oxygen atoms in total. The van der Waals surface area contributed by atoms with Gasteiger partial charge in [0.1, 0.15) is 5.75 Å². The first-order chi connectivity index (χ1) is 8.79. The Hall–Kier alpha value is -2.16. The fourth-order valence-electron chi connectivity index (χ4n) is 1.69. The molecule has 0 aliphatic rings. The van der Waals surface area contributed by atoms with Gasteiger partial charge in [-0.2, -0.15) is 0 Å². The Balaban J connectivity index is 2.05. The molecule has 3 heteroatoms. The SMILES string of the molecule is CCOc1ccc(C(=O)Cc2cccnc2)cc1. The average Bonchev–Trinajstić information content (AvgIpc) is 2.41. The number of ether oxygens (including phenoxy) is 1. The minimum absolute atomic E-state index is 0.0889. The smallest absolute Gasteiger partial charge is 0.167 e. The van der Waals surface area contributed by atoms with Gasteiger partial charge in [-0.3, -0.25) is 9.78 Å². The molecular formula is C15H15NO2. The molecule has 92 valence electrons. The molecule has 0 unspecified atom stereocenters. The third kappa shape index (κ3) is 3.17. The van der Waals surface area contributed by atoms with E-state index in [4.69, 9.17) is 4.74 Å². The number of carbonyl (C=O) groups excluding carboxylic acids is 1. The van der Waals surface area contributed by atoms with Gasteiger partial charge in [-0.15, -0.1) is 0 Å². The van der Waals surface area contributed by atoms with E-state index in [1.54, 1.807) is 24.5 Å². The number of hydrogen-bond acceptors (Lipinski definition) is 3. The second-order valence-corrected chi connectivity index (χ2v) is 3.92. The molecule has 2 aromatic rings. The third-order valence-corrected chi connectivity index (χ3v) is 2.57. The zero-order chi connectivity index (χ0) is 12.8. The monoisotopic (exact) mass is 241 g/mol. The maximum Gasteiger partial charge on any atom is 0.167 e. The summed E-state index contributed by atoms with van der Waals surface area (Å²) in [6.07, 6.45) is 3.79. The molecule has 18 heavy (non-hydrogen) atoms. The number of hydrogen-bond donors (Lipinski definition) is 0. The highest BCUT2D eigenvalue weighted by Gasteiger charge is 2.07. The fraction of sp³-hybridized carbons (Fsp3) is 0.200. The molecule has 0 radical (unpaired) electrons. The summed E-state index contributed by atoms with van der Waals surface area (Å²) in [5.74, 6) is 0.876. The lowest BCUT2D eigenvalue weighted by atomic mass is 10.0. The molecule has 0 N–H and O–H groups in total. The number of benzene rings is 1. The number of rotatable bonds is 5. The second-order valence-electron chi connectivity index (χ2n) is 3.92. The molecule has 0 spiro atoms. The van der Waals surface area contributed by atoms with Crippen molar-refractivity contribution in [2.45, 2.75) is 13.3 Å². The van der Waals surface area contributed by atoms with Gasteiger partial charge < -0.3 is 4.74 Å². The van der Waals surface area contributed by atoms with Gasteiger partial charge in [-0.05, 0) is 42.8 Å². The molecule has 1 heterocycles. The molecule has 1 aromatic carbocycles. The van der Waals surface area contributed by atoms with Crippen molar-refractivity contribution in [2.75, 3.05) is 6.61 Å². The van der Waals surface area contributed by atoms with Crippen molar-refractivity contribution in [1.29, 1.82) is 0 Å². The fourth-order valence-corrected chi connectivity index (χ4v) is 1.69. The predicted octanol–water partition coefficient (Wildman–Crippen LogP) is 2.91. The molecule has 0 aliphatic carbocycles. The molecule has 0 atom stereocenters. The minimum atomic E-state index is 0.0889. The van der Waals surface area contributed by atoms with Crippen LogP contribution in [0.5, 0.6) is 5.75 Å². The number of Topliss-reactive ketones (excluding diaryl/α,β-unsaturated/α-hetero) is 1. The van der Waals surface area contributed by atoms with Crippen LogP contribution in [0.25, 0.3) is 0 Å². The van der Waals surface area contributed by atoms with E-state index in [0.717, 1.165) is 11.3 Å². The molecular weight excluding hydrogens is 226 g/mol. The van der Waals surface area contributed by atoms with Crippen LogP contribution in [0.2, 0.25) is 0 Å². The lowest BCUT2D eigenvalue weighted by molar-refractivity contribution is 0.0993. The average molecular weight is 241 g/mol. The summed E-state index contributed by atoms with van der Waals surface area (Å²) in [4.78, 5) is 16.0. The van der Waals surface area contributed by atoms with Crippen molar-refractivity contribution in [1.82, 2.24) is 4.98 Å². The third-order valence-electron chi connectivity index (χ3n) is 2.57. The highest BCUT2D eigenvalue weighted by atomic mass is 16.5. The van der Waals surface area contributed by atoms with Gasteiger partial charge in [-0.25, -0.2) is 0 Å². The topological polar surface area (TPSA) is 39.2 Å². The summed E-state index contributed by atoms with van der Waals surface area (Å²) in [7, 11) is 0. The van der Waals surface area contributed by atoms with Crippen molar-refractivity contribution in [2.24, 2.45) is 0 Å². The van der Waals surface area contributed by atoms with E-state index in [1.807, 2.05) is 31.2 Å². The standard InChI is InChI=1S/C15H15NO2/c1-2-18-14-7-5-13(6-8-14)15(17)10-12-4-3-9-16-11-12/h3-9,11H,2,10H2,1H3. The van der Waals surface area contributed by atoms with Crippen molar-refractivity contribution in [3.05, 3.63) is 59.9 Å². The zero-order valence-electron chi connectivity index (χ0n) is 10.3. The van der Waals surface area contributed by atoms with Gasteiger partial charge in [0.25, 0.3) is 0 Å². The summed E-state index contributed by atoms with van der Waals surface area (Å²) in [5.41, 5.74) is 1.62. The summed E-state index contributed by atoms with van der Waals surface area (Å²) >= 11 is 0. The Kier molecular flexibility index (Phi) is 4.07. The number of carbonyl (C=O) groups is 1. The number of ketones is 1. The lowest BCUT2D eigenvalue weighted by Crippen LogP contribution is -2.03. The Labute approximate surface area is 106 Å². The van der Waals surface area contributed by atoms with E-state index in [0.29, 0.717) is 18.6 Å². The van der Waals surface area contributed by atoms with E-state index >= 15 is 0 Å². The molecule has 0 bridgehead atoms. The molecule has 0 aliphatic heterocycles. The second kappa shape index (κ2) is 5.96. The maximum absolute atomic E-state index is 12.0. The van der Waals surface area contributed by atoms with E-state index < -0.39 is 0 Å². The van der Waals surface area contributed by atoms with Crippen LogP contribution >= 0.6 is 0 Å². The van der Waals surface area contributed by atoms with E-state index in [2.05, 4.69) is 4.98 Å². The predicted molar refractivity (Wildman–Crippen MR) is 69.9 cm³/mol. The van der Waals surface area contributed by atoms with Crippen LogP contribution in [-0.2, 0) is 6.42 Å². The molecule has 0 fully saturated rings. The van der Waals surface area contributed by atoms with Gasteiger partial charge >= 0.3 is 0 Å². The normalized spacial score (nSPS) is 10.1. The summed E-state index contributed by atoms with van der Waals surface area (Å²) in [6.45, 7) is 2.56. The highest BCUT2D eigenvalue weighted by molar-refractivity contribution is 5.97. The van der Waals surface area contributed by atoms with E-state index in [-0.39, 0.29) is 5.78 Å². The van der Waals surface area contributed by atoms with Crippen LogP contribution in [0, 0.1) is 0 Å². The molecule has 2 rings (SSSR count). The summed E-state index contributed by atoms with van der Waals surface area (Å²) in [6, 6.07) is 11.0. The minimum Gasteiger partial charge on any atom is -0.494 e. The van der Waals surface area contributed by atoms with Gasteiger partial charge in [0.2, 0.25) is 0 Å². The van der Waals surface area contributed by atoms with Crippen molar-refractivity contribution in [3.8, 4) is 5.75 Å². The Morgan fingerprint density at radius 1 is 1.22 bits per heavy atom. The maximum atomic E-state index is 12.0. The van der Waals surface area contributed by atoms with Crippen molar-refractivity contribution < 1.29 is 9.53 Å². The van der Waals surface area contributed by atoms with Crippen molar-refractivity contribution >= 4 is 5.78 Å². The van der Waals surface area contributed by atoms with Gasteiger partial charge in [0, 0.05) is 24.4 Å². The number of pyridine rings is 1. The number of aromatic nitrogens is 1. The van der Waals surface area contributed by atoms with Crippen LogP contribution in [0.3, 0.4) is 0 Å². The van der Waals surface area contributed by atoms with Crippen LogP contribution < -0.4 is 4.74 Å². The van der Waals surface area contributed by atoms with Crippen LogP contribution in [0.1, 0.15) is 22.8 Å². The lowest BCUT2D eigenvalue weighted by Gasteiger charge is -2.04. The zero-order valence-corrected chi connectivity index (χ0v) is 10.3. The summed E-state index contributed by atoms with van der Waals surface area (Å²) < 4.78 is 5.34. The Morgan fingerprint density at radius 3 is 2.61 bits per heavy atom. The van der Waals surface area contributed by atoms with Crippen LogP contribution in [0.4, 0.5) is 0 Å². The van der Waals surface area contributed by atoms with Gasteiger partial charge in [0.05, 0.1) is 6.61 Å². The number of nitrogens with zero attached hydrogens (tertiary/aromatic N) is 1. The molecule has 0 saturated carbocycles. The van der Waals surface area contributed by atoms with Gasteiger partial charge in [0.15, 0.2) is 5.78 Å². The van der Waals surface area contributed by atoms with Crippen molar-refractivity contribution in [3.63, 3.8) is 0 Å². The quantitative estimate of drug-likeness (QED) is 0.755. The van der Waals surface area contributed by atoms with E-state index in [1.165, 1.54) is 0 Å². The molecule has 1 aromatic heterocycles. The summed E-state index contributed by atoms with van der Waals surface area (Å²) in [5, 5.41) is 0. The van der Waals surface area contributed by atoms with Crippen LogP contribution in [-0.4, -0.2) is 17.4 Å². The molecule has 0 saturated heterocycles. The first kappa shape index (κ1) is 12.3. The Bertz CT molecular complexity index is 506. The highest BCUT2D eigenvalue weighted by Crippen LogP contribution is 2.14. The van der Waals surface area contributed by atoms with E-state index in [9.17, 15) is 4.79 Å².